The minimum atomic E-state index is -1.14. The molecule has 2 atom stereocenters. The maximum Gasteiger partial charge on any atom is 0.251 e. The highest BCUT2D eigenvalue weighted by Gasteiger charge is 2.32. The van der Waals surface area contributed by atoms with Crippen molar-refractivity contribution in [2.45, 2.75) is 31.4 Å². The Morgan fingerprint density at radius 3 is 2.44 bits per heavy atom. The fourth-order valence-electron chi connectivity index (χ4n) is 2.93. The minimum Gasteiger partial charge on any atom is -0.493 e. The summed E-state index contributed by atoms with van der Waals surface area (Å²) in [5.74, 6) is 0.734. The van der Waals surface area contributed by atoms with Crippen LogP contribution in [-0.2, 0) is 6.42 Å². The lowest BCUT2D eigenvalue weighted by Gasteiger charge is -2.33. The second kappa shape index (κ2) is 9.24. The topological polar surface area (TPSA) is 67.8 Å². The molecule has 0 saturated heterocycles. The smallest absolute Gasteiger partial charge is 0.251 e. The number of benzene rings is 2. The van der Waals surface area contributed by atoms with E-state index < -0.39 is 11.6 Å². The van der Waals surface area contributed by atoms with Crippen LogP contribution in [0.3, 0.4) is 0 Å². The van der Waals surface area contributed by atoms with E-state index in [1.54, 1.807) is 38.3 Å². The van der Waals surface area contributed by atoms with Crippen molar-refractivity contribution in [2.24, 2.45) is 0 Å². The number of ether oxygens (including phenoxy) is 2. The van der Waals surface area contributed by atoms with Crippen LogP contribution < -0.4 is 14.8 Å². The van der Waals surface area contributed by atoms with Crippen molar-refractivity contribution in [2.75, 3.05) is 14.2 Å². The summed E-state index contributed by atoms with van der Waals surface area (Å²) in [4.78, 5) is 12.8. The van der Waals surface area contributed by atoms with Crippen molar-refractivity contribution in [3.8, 4) is 11.5 Å². The van der Waals surface area contributed by atoms with Crippen LogP contribution in [0.25, 0.3) is 0 Å². The molecule has 1 amide bonds. The number of methoxy groups -OCH3 is 2. The van der Waals surface area contributed by atoms with E-state index in [1.165, 1.54) is 7.11 Å². The first-order valence-corrected chi connectivity index (χ1v) is 8.81. The van der Waals surface area contributed by atoms with Crippen LogP contribution in [0.1, 0.15) is 29.3 Å². The number of nitrogens with one attached hydrogen (secondary N) is 1. The van der Waals surface area contributed by atoms with Gasteiger partial charge in [0.2, 0.25) is 0 Å². The predicted molar refractivity (Wildman–Crippen MR) is 106 cm³/mol. The number of hydrogen-bond acceptors (Lipinski definition) is 4. The van der Waals surface area contributed by atoms with Crippen LogP contribution in [0.15, 0.2) is 61.2 Å². The van der Waals surface area contributed by atoms with Gasteiger partial charge in [0, 0.05) is 5.56 Å². The second-order valence-corrected chi connectivity index (χ2v) is 6.64. The maximum atomic E-state index is 12.8. The molecular formula is C22H27NO4. The van der Waals surface area contributed by atoms with Crippen LogP contribution in [-0.4, -0.2) is 36.9 Å². The molecule has 0 bridgehead atoms. The molecule has 0 aliphatic heterocycles. The first-order chi connectivity index (χ1) is 12.9. The zero-order chi connectivity index (χ0) is 19.9. The molecule has 0 aromatic heterocycles. The molecule has 0 heterocycles. The third-order valence-electron chi connectivity index (χ3n) is 4.54. The number of rotatable bonds is 9. The number of amides is 1. The Hall–Kier alpha value is -2.79. The molecule has 27 heavy (non-hydrogen) atoms. The van der Waals surface area contributed by atoms with E-state index in [9.17, 15) is 9.90 Å². The molecule has 0 spiro atoms. The quantitative estimate of drug-likeness (QED) is 0.665. The van der Waals surface area contributed by atoms with Crippen molar-refractivity contribution in [1.82, 2.24) is 5.32 Å². The van der Waals surface area contributed by atoms with Gasteiger partial charge in [0.15, 0.2) is 11.5 Å². The Morgan fingerprint density at radius 1 is 1.19 bits per heavy atom. The predicted octanol–water partition coefficient (Wildman–Crippen LogP) is 3.37. The Bertz CT molecular complexity index is 771. The molecule has 0 saturated carbocycles. The molecule has 0 unspecified atom stereocenters. The van der Waals surface area contributed by atoms with Gasteiger partial charge in [-0.15, -0.1) is 6.58 Å². The Balaban J connectivity index is 2.26. The highest BCUT2D eigenvalue weighted by molar-refractivity contribution is 5.95. The molecule has 2 aromatic rings. The standard InChI is InChI=1S/C22H27NO4/c1-5-13-22(2,25)20(14-16-9-7-6-8-10-16)23-21(24)17-11-12-18(26-3)19(15-17)27-4/h5-12,15,20,25H,1,13-14H2,2-4H3,(H,23,24)/t20-,22+/m0/s1. The summed E-state index contributed by atoms with van der Waals surface area (Å²) >= 11 is 0. The Labute approximate surface area is 160 Å². The van der Waals surface area contributed by atoms with Crippen LogP contribution in [0, 0.1) is 0 Å². The molecule has 5 heteroatoms. The summed E-state index contributed by atoms with van der Waals surface area (Å²) in [6.45, 7) is 5.42. The van der Waals surface area contributed by atoms with Gasteiger partial charge in [0.1, 0.15) is 0 Å². The molecule has 0 aliphatic rings. The molecule has 2 rings (SSSR count). The number of carbonyl (C=O) groups excluding carboxylic acids is 1. The molecule has 2 N–H and O–H groups in total. The van der Waals surface area contributed by atoms with Crippen LogP contribution in [0.5, 0.6) is 11.5 Å². The monoisotopic (exact) mass is 369 g/mol. The fraction of sp³-hybridized carbons (Fsp3) is 0.318. The van der Waals surface area contributed by atoms with E-state index in [4.69, 9.17) is 9.47 Å². The van der Waals surface area contributed by atoms with Gasteiger partial charge in [-0.05, 0) is 43.5 Å². The van der Waals surface area contributed by atoms with E-state index in [0.717, 1.165) is 5.56 Å². The van der Waals surface area contributed by atoms with Gasteiger partial charge in [0.25, 0.3) is 5.91 Å². The zero-order valence-corrected chi connectivity index (χ0v) is 16.1. The van der Waals surface area contributed by atoms with Crippen molar-refractivity contribution >= 4 is 5.91 Å². The number of hydrogen-bond donors (Lipinski definition) is 2. The SMILES string of the molecule is C=CC[C@@](C)(O)[C@H](Cc1ccccc1)NC(=O)c1ccc(OC)c(OC)c1. The number of aliphatic hydroxyl groups is 1. The summed E-state index contributed by atoms with van der Waals surface area (Å²) < 4.78 is 10.5. The normalized spacial score (nSPS) is 13.9. The number of carbonyl (C=O) groups is 1. The first kappa shape index (κ1) is 20.5. The first-order valence-electron chi connectivity index (χ1n) is 8.81. The lowest BCUT2D eigenvalue weighted by atomic mass is 9.87. The van der Waals surface area contributed by atoms with Crippen LogP contribution >= 0.6 is 0 Å². The van der Waals surface area contributed by atoms with Gasteiger partial charge in [-0.1, -0.05) is 36.4 Å². The third-order valence-corrected chi connectivity index (χ3v) is 4.54. The molecule has 144 valence electrons. The summed E-state index contributed by atoms with van der Waals surface area (Å²) in [5, 5.41) is 13.8. The average molecular weight is 369 g/mol. The highest BCUT2D eigenvalue weighted by atomic mass is 16.5. The van der Waals surface area contributed by atoms with Gasteiger partial charge in [-0.25, -0.2) is 0 Å². The van der Waals surface area contributed by atoms with Crippen LogP contribution in [0.4, 0.5) is 0 Å². The van der Waals surface area contributed by atoms with E-state index in [2.05, 4.69) is 11.9 Å². The molecule has 5 nitrogen and oxygen atoms in total. The Morgan fingerprint density at radius 2 is 1.85 bits per heavy atom. The molecule has 0 aliphatic carbocycles. The van der Waals surface area contributed by atoms with Crippen molar-refractivity contribution in [1.29, 1.82) is 0 Å². The largest absolute Gasteiger partial charge is 0.493 e. The maximum absolute atomic E-state index is 12.8. The van der Waals surface area contributed by atoms with Gasteiger partial charge in [0.05, 0.1) is 25.9 Å². The van der Waals surface area contributed by atoms with E-state index in [1.807, 2.05) is 30.3 Å². The zero-order valence-electron chi connectivity index (χ0n) is 16.1. The van der Waals surface area contributed by atoms with E-state index in [-0.39, 0.29) is 5.91 Å². The second-order valence-electron chi connectivity index (χ2n) is 6.64. The van der Waals surface area contributed by atoms with Crippen molar-refractivity contribution in [3.63, 3.8) is 0 Å². The van der Waals surface area contributed by atoms with E-state index >= 15 is 0 Å². The summed E-state index contributed by atoms with van der Waals surface area (Å²) in [7, 11) is 3.06. The van der Waals surface area contributed by atoms with Crippen LogP contribution in [0.2, 0.25) is 0 Å². The Kier molecular flexibility index (Phi) is 7.02. The third kappa shape index (κ3) is 5.34. The van der Waals surface area contributed by atoms with Crippen molar-refractivity contribution in [3.05, 3.63) is 72.3 Å². The van der Waals surface area contributed by atoms with Gasteiger partial charge >= 0.3 is 0 Å². The summed E-state index contributed by atoms with van der Waals surface area (Å²) in [5.41, 5.74) is 0.323. The lowest BCUT2D eigenvalue weighted by molar-refractivity contribution is 0.0212. The molecule has 0 radical (unpaired) electrons. The lowest BCUT2D eigenvalue weighted by Crippen LogP contribution is -2.52. The molecule has 2 aromatic carbocycles. The summed E-state index contributed by atoms with van der Waals surface area (Å²) in [6.07, 6.45) is 2.51. The van der Waals surface area contributed by atoms with Gasteiger partial charge < -0.3 is 19.9 Å². The highest BCUT2D eigenvalue weighted by Crippen LogP contribution is 2.28. The molecular weight excluding hydrogens is 342 g/mol. The molecule has 0 fully saturated rings. The van der Waals surface area contributed by atoms with E-state index in [0.29, 0.717) is 29.9 Å². The minimum absolute atomic E-state index is 0.291. The van der Waals surface area contributed by atoms with Gasteiger partial charge in [-0.3, -0.25) is 4.79 Å². The fourth-order valence-corrected chi connectivity index (χ4v) is 2.93. The summed E-state index contributed by atoms with van der Waals surface area (Å²) in [6, 6.07) is 14.2. The van der Waals surface area contributed by atoms with Gasteiger partial charge in [-0.2, -0.15) is 0 Å². The average Bonchev–Trinajstić information content (AvgIpc) is 2.67. The van der Waals surface area contributed by atoms with Crippen molar-refractivity contribution < 1.29 is 19.4 Å².